The molecular weight excluding hydrogens is 593 g/mol. The Morgan fingerprint density at radius 2 is 1.04 bits per heavy atom. The van der Waals surface area contributed by atoms with E-state index in [4.69, 9.17) is 0 Å². The van der Waals surface area contributed by atoms with E-state index in [0.29, 0.717) is 5.92 Å². The standard InChI is InChI=1S/C44H42S2/c1-7-29(2)41-27-32(21-23-44(41)45-43-19-13-8-14-30(43)3)34-24-33(25-35(26-34)46(4,5)6)31-20-22-40-38-17-10-9-15-36(38)37-16-11-12-18-39(37)42(40)28-31/h8-29H,7H2,1-6H3. The second-order valence-corrected chi connectivity index (χ2v) is 18.6. The number of hydrogen-bond acceptors (Lipinski definition) is 1. The minimum Gasteiger partial charge on any atom is -0.223 e. The molecule has 0 nitrogen and oxygen atoms in total. The quantitative estimate of drug-likeness (QED) is 0.157. The summed E-state index contributed by atoms with van der Waals surface area (Å²) in [6.45, 7) is 6.87. The van der Waals surface area contributed by atoms with Gasteiger partial charge in [0, 0.05) is 9.79 Å². The summed E-state index contributed by atoms with van der Waals surface area (Å²) in [6.07, 6.45) is 8.33. The van der Waals surface area contributed by atoms with Crippen LogP contribution in [0.25, 0.3) is 54.6 Å². The number of benzene rings is 7. The van der Waals surface area contributed by atoms with Gasteiger partial charge in [0.05, 0.1) is 0 Å². The molecular formula is C44H42S2. The van der Waals surface area contributed by atoms with Crippen LogP contribution in [0.15, 0.2) is 142 Å². The Kier molecular flexibility index (Phi) is 8.21. The van der Waals surface area contributed by atoms with Crippen LogP contribution in [-0.4, -0.2) is 18.8 Å². The highest BCUT2D eigenvalue weighted by molar-refractivity contribution is 8.32. The van der Waals surface area contributed by atoms with Crippen LogP contribution < -0.4 is 0 Å². The topological polar surface area (TPSA) is 0 Å². The first kappa shape index (κ1) is 30.7. The van der Waals surface area contributed by atoms with Crippen molar-refractivity contribution >= 4 is 54.1 Å². The van der Waals surface area contributed by atoms with Crippen LogP contribution in [0.4, 0.5) is 0 Å². The monoisotopic (exact) mass is 634 g/mol. The molecule has 0 fully saturated rings. The molecule has 0 aliphatic heterocycles. The third-order valence-corrected chi connectivity index (χ3v) is 12.4. The molecule has 0 saturated carbocycles. The third kappa shape index (κ3) is 5.74. The zero-order chi connectivity index (χ0) is 32.0. The molecule has 2 heteroatoms. The van der Waals surface area contributed by atoms with Gasteiger partial charge in [-0.2, -0.15) is 0 Å². The summed E-state index contributed by atoms with van der Waals surface area (Å²) in [5.74, 6) is 0.478. The highest BCUT2D eigenvalue weighted by atomic mass is 32.3. The molecule has 1 atom stereocenters. The van der Waals surface area contributed by atoms with Crippen LogP contribution in [0.2, 0.25) is 0 Å². The fraction of sp³-hybridized carbons (Fsp3) is 0.182. The fourth-order valence-corrected chi connectivity index (χ4v) is 8.68. The Morgan fingerprint density at radius 1 is 0.522 bits per heavy atom. The van der Waals surface area contributed by atoms with Crippen molar-refractivity contribution in [3.63, 3.8) is 0 Å². The molecule has 7 aromatic rings. The average molecular weight is 635 g/mol. The van der Waals surface area contributed by atoms with Gasteiger partial charge < -0.3 is 0 Å². The van der Waals surface area contributed by atoms with Crippen molar-refractivity contribution in [3.05, 3.63) is 139 Å². The molecule has 0 aliphatic carbocycles. The lowest BCUT2D eigenvalue weighted by molar-refractivity contribution is 0.719. The number of rotatable bonds is 7. The number of fused-ring (bicyclic) bond motifs is 6. The SMILES string of the molecule is CCC(C)c1cc(-c2cc(-c3ccc4c5ccccc5c5ccccc5c4c3)cc(S(C)(C)C)c2)ccc1Sc1ccccc1C. The molecule has 230 valence electrons. The Labute approximate surface area is 280 Å². The maximum Gasteiger partial charge on any atom is 0.0157 e. The van der Waals surface area contributed by atoms with E-state index in [9.17, 15) is 0 Å². The molecule has 0 spiro atoms. The van der Waals surface area contributed by atoms with E-state index in [2.05, 4.69) is 167 Å². The Morgan fingerprint density at radius 3 is 1.63 bits per heavy atom. The molecule has 1 unspecified atom stereocenters. The first-order valence-electron chi connectivity index (χ1n) is 16.3. The zero-order valence-corrected chi connectivity index (χ0v) is 29.4. The van der Waals surface area contributed by atoms with Crippen molar-refractivity contribution in [3.8, 4) is 22.3 Å². The second kappa shape index (κ2) is 12.3. The molecule has 7 rings (SSSR count). The predicted molar refractivity (Wildman–Crippen MR) is 207 cm³/mol. The maximum absolute atomic E-state index is 2.47. The van der Waals surface area contributed by atoms with Crippen LogP contribution in [0.5, 0.6) is 0 Å². The predicted octanol–water partition coefficient (Wildman–Crippen LogP) is 13.5. The lowest BCUT2D eigenvalue weighted by Gasteiger charge is -2.27. The van der Waals surface area contributed by atoms with Gasteiger partial charge >= 0.3 is 0 Å². The van der Waals surface area contributed by atoms with E-state index < -0.39 is 10.0 Å². The molecule has 0 amide bonds. The van der Waals surface area contributed by atoms with Crippen molar-refractivity contribution in [2.75, 3.05) is 18.8 Å². The van der Waals surface area contributed by atoms with Gasteiger partial charge in [0.1, 0.15) is 0 Å². The summed E-state index contributed by atoms with van der Waals surface area (Å²) < 4.78 is 0. The van der Waals surface area contributed by atoms with E-state index in [1.165, 1.54) is 80.4 Å². The van der Waals surface area contributed by atoms with Gasteiger partial charge in [0.25, 0.3) is 0 Å². The first-order chi connectivity index (χ1) is 22.2. The molecule has 0 heterocycles. The van der Waals surface area contributed by atoms with Gasteiger partial charge in [0.2, 0.25) is 0 Å². The molecule has 7 aromatic carbocycles. The highest BCUT2D eigenvalue weighted by Crippen LogP contribution is 2.49. The van der Waals surface area contributed by atoms with Gasteiger partial charge in [-0.3, -0.25) is 0 Å². The van der Waals surface area contributed by atoms with E-state index in [1.807, 2.05) is 11.8 Å². The summed E-state index contributed by atoms with van der Waals surface area (Å²) in [4.78, 5) is 4.13. The minimum absolute atomic E-state index is 0.478. The van der Waals surface area contributed by atoms with Crippen LogP contribution >= 0.6 is 21.8 Å². The molecule has 0 saturated heterocycles. The summed E-state index contributed by atoms with van der Waals surface area (Å²) in [5, 5.41) is 7.90. The Bertz CT molecular complexity index is 2200. The largest absolute Gasteiger partial charge is 0.223 e. The van der Waals surface area contributed by atoms with Crippen molar-refractivity contribution in [1.82, 2.24) is 0 Å². The van der Waals surface area contributed by atoms with Gasteiger partial charge in [-0.25, -0.2) is 10.0 Å². The van der Waals surface area contributed by atoms with Crippen molar-refractivity contribution in [1.29, 1.82) is 0 Å². The van der Waals surface area contributed by atoms with Gasteiger partial charge in [0.15, 0.2) is 0 Å². The van der Waals surface area contributed by atoms with Crippen LogP contribution in [0.3, 0.4) is 0 Å². The van der Waals surface area contributed by atoms with Gasteiger partial charge in [-0.05, 0) is 151 Å². The van der Waals surface area contributed by atoms with E-state index in [-0.39, 0.29) is 0 Å². The molecule has 0 N–H and O–H groups in total. The molecule has 0 radical (unpaired) electrons. The van der Waals surface area contributed by atoms with Gasteiger partial charge in [-0.15, -0.1) is 0 Å². The van der Waals surface area contributed by atoms with E-state index in [0.717, 1.165) is 6.42 Å². The lowest BCUT2D eigenvalue weighted by Crippen LogP contribution is -1.98. The lowest BCUT2D eigenvalue weighted by atomic mass is 9.91. The average Bonchev–Trinajstić information content (AvgIpc) is 3.08. The molecule has 46 heavy (non-hydrogen) atoms. The summed E-state index contributed by atoms with van der Waals surface area (Å²) in [7, 11) is -0.959. The summed E-state index contributed by atoms with van der Waals surface area (Å²) in [6, 6.07) is 48.0. The number of hydrogen-bond donors (Lipinski definition) is 0. The van der Waals surface area contributed by atoms with Gasteiger partial charge in [-0.1, -0.05) is 111 Å². The molecule has 0 aliphatic rings. The molecule has 0 aromatic heterocycles. The number of aryl methyl sites for hydroxylation is 1. The highest BCUT2D eigenvalue weighted by Gasteiger charge is 2.17. The summed E-state index contributed by atoms with van der Waals surface area (Å²) >= 11 is 1.90. The van der Waals surface area contributed by atoms with E-state index in [1.54, 1.807) is 0 Å². The van der Waals surface area contributed by atoms with Crippen molar-refractivity contribution < 1.29 is 0 Å². The van der Waals surface area contributed by atoms with Crippen LogP contribution in [0, 0.1) is 6.92 Å². The van der Waals surface area contributed by atoms with Crippen LogP contribution in [-0.2, 0) is 0 Å². The Hall–Kier alpha value is -3.98. The Balaban J connectivity index is 1.39. The minimum atomic E-state index is -0.959. The van der Waals surface area contributed by atoms with E-state index >= 15 is 0 Å². The third-order valence-electron chi connectivity index (χ3n) is 9.49. The smallest absolute Gasteiger partial charge is 0.0157 e. The summed E-state index contributed by atoms with van der Waals surface area (Å²) in [5.41, 5.74) is 7.93. The second-order valence-electron chi connectivity index (χ2n) is 13.4. The zero-order valence-electron chi connectivity index (χ0n) is 27.7. The van der Waals surface area contributed by atoms with Crippen LogP contribution in [0.1, 0.15) is 37.3 Å². The normalized spacial score (nSPS) is 13.0. The maximum atomic E-state index is 2.47. The first-order valence-corrected chi connectivity index (χ1v) is 19.9. The van der Waals surface area contributed by atoms with Crippen molar-refractivity contribution in [2.24, 2.45) is 0 Å². The molecule has 0 bridgehead atoms. The van der Waals surface area contributed by atoms with Crippen molar-refractivity contribution in [2.45, 2.75) is 47.8 Å². The fourth-order valence-electron chi connectivity index (χ4n) is 6.59.